The highest BCUT2D eigenvalue weighted by Crippen LogP contribution is 2.16. The van der Waals surface area contributed by atoms with Gasteiger partial charge in [-0.1, -0.05) is 41.9 Å². The molecular formula is C17H13ClO3. The SMILES string of the molecule is O=C(/C=C(\O)c1ccccc1)/C=C(\O)c1ccc(Cl)cc1. The topological polar surface area (TPSA) is 57.5 Å². The van der Waals surface area contributed by atoms with Crippen molar-refractivity contribution in [2.45, 2.75) is 0 Å². The van der Waals surface area contributed by atoms with Crippen molar-refractivity contribution < 1.29 is 15.0 Å². The smallest absolute Gasteiger partial charge is 0.186 e. The zero-order valence-corrected chi connectivity index (χ0v) is 11.8. The molecule has 0 unspecified atom stereocenters. The zero-order valence-electron chi connectivity index (χ0n) is 11.0. The first kappa shape index (κ1) is 14.9. The van der Waals surface area contributed by atoms with Crippen molar-refractivity contribution >= 4 is 28.9 Å². The Labute approximate surface area is 127 Å². The molecule has 21 heavy (non-hydrogen) atoms. The van der Waals surface area contributed by atoms with Gasteiger partial charge in [0.25, 0.3) is 0 Å². The molecule has 0 spiro atoms. The van der Waals surface area contributed by atoms with Gasteiger partial charge in [-0.25, -0.2) is 0 Å². The second kappa shape index (κ2) is 6.77. The lowest BCUT2D eigenvalue weighted by Crippen LogP contribution is -1.93. The molecule has 0 heterocycles. The van der Waals surface area contributed by atoms with Gasteiger partial charge in [0.05, 0.1) is 0 Å². The second-order valence-electron chi connectivity index (χ2n) is 4.33. The van der Waals surface area contributed by atoms with Gasteiger partial charge in [0.2, 0.25) is 0 Å². The third-order valence-corrected chi connectivity index (χ3v) is 3.02. The summed E-state index contributed by atoms with van der Waals surface area (Å²) in [5, 5.41) is 20.2. The third-order valence-electron chi connectivity index (χ3n) is 2.77. The number of hydrogen-bond acceptors (Lipinski definition) is 3. The molecule has 0 amide bonds. The van der Waals surface area contributed by atoms with Gasteiger partial charge in [0.1, 0.15) is 11.5 Å². The monoisotopic (exact) mass is 300 g/mol. The summed E-state index contributed by atoms with van der Waals surface area (Å²) in [4.78, 5) is 11.8. The molecule has 0 radical (unpaired) electrons. The van der Waals surface area contributed by atoms with Crippen LogP contribution >= 0.6 is 11.6 Å². The Hall–Kier alpha value is -2.52. The van der Waals surface area contributed by atoms with E-state index < -0.39 is 5.78 Å². The number of benzene rings is 2. The molecule has 3 nitrogen and oxygen atoms in total. The van der Waals surface area contributed by atoms with E-state index >= 15 is 0 Å². The fourth-order valence-electron chi connectivity index (χ4n) is 1.71. The molecule has 0 bridgehead atoms. The van der Waals surface area contributed by atoms with Crippen molar-refractivity contribution in [3.8, 4) is 0 Å². The van der Waals surface area contributed by atoms with E-state index in [1.54, 1.807) is 48.5 Å². The summed E-state index contributed by atoms with van der Waals surface area (Å²) in [6.07, 6.45) is 2.10. The molecule has 106 valence electrons. The quantitative estimate of drug-likeness (QED) is 0.649. The molecule has 0 aromatic heterocycles. The van der Waals surface area contributed by atoms with Crippen molar-refractivity contribution in [2.24, 2.45) is 0 Å². The Morgan fingerprint density at radius 2 is 1.29 bits per heavy atom. The molecule has 2 aromatic rings. The summed E-state index contributed by atoms with van der Waals surface area (Å²) >= 11 is 5.75. The van der Waals surface area contributed by atoms with Crippen LogP contribution in [-0.4, -0.2) is 16.0 Å². The Bertz CT molecular complexity index is 686. The number of halogens is 1. The van der Waals surface area contributed by atoms with E-state index in [0.29, 0.717) is 16.1 Å². The summed E-state index contributed by atoms with van der Waals surface area (Å²) in [6.45, 7) is 0. The molecule has 0 atom stereocenters. The maximum Gasteiger partial charge on any atom is 0.186 e. The zero-order chi connectivity index (χ0) is 15.2. The number of hydrogen-bond donors (Lipinski definition) is 2. The van der Waals surface area contributed by atoms with Crippen LogP contribution in [0.3, 0.4) is 0 Å². The van der Waals surface area contributed by atoms with Crippen LogP contribution in [0, 0.1) is 0 Å². The number of aliphatic hydroxyl groups excluding tert-OH is 2. The van der Waals surface area contributed by atoms with Crippen LogP contribution < -0.4 is 0 Å². The Morgan fingerprint density at radius 3 is 1.81 bits per heavy atom. The molecule has 0 aliphatic rings. The van der Waals surface area contributed by atoms with Gasteiger partial charge in [-0.15, -0.1) is 0 Å². The van der Waals surface area contributed by atoms with Crippen LogP contribution in [0.15, 0.2) is 66.7 Å². The minimum Gasteiger partial charge on any atom is -0.507 e. The molecule has 0 fully saturated rings. The molecular weight excluding hydrogens is 288 g/mol. The van der Waals surface area contributed by atoms with Crippen LogP contribution in [-0.2, 0) is 4.79 Å². The average Bonchev–Trinajstić information content (AvgIpc) is 2.48. The molecule has 4 heteroatoms. The first-order valence-electron chi connectivity index (χ1n) is 6.23. The van der Waals surface area contributed by atoms with Crippen molar-refractivity contribution in [3.05, 3.63) is 82.9 Å². The van der Waals surface area contributed by atoms with Crippen molar-refractivity contribution in [2.75, 3.05) is 0 Å². The van der Waals surface area contributed by atoms with Gasteiger partial charge >= 0.3 is 0 Å². The molecule has 0 saturated heterocycles. The number of rotatable bonds is 4. The first-order valence-corrected chi connectivity index (χ1v) is 6.61. The van der Waals surface area contributed by atoms with Crippen LogP contribution in [0.1, 0.15) is 11.1 Å². The lowest BCUT2D eigenvalue weighted by atomic mass is 10.1. The van der Waals surface area contributed by atoms with Crippen LogP contribution in [0.4, 0.5) is 0 Å². The molecule has 0 aliphatic heterocycles. The average molecular weight is 301 g/mol. The summed E-state index contributed by atoms with van der Waals surface area (Å²) in [6, 6.07) is 15.1. The minimum absolute atomic E-state index is 0.152. The van der Waals surface area contributed by atoms with E-state index in [9.17, 15) is 15.0 Å². The van der Waals surface area contributed by atoms with E-state index in [1.807, 2.05) is 6.07 Å². The second-order valence-corrected chi connectivity index (χ2v) is 4.77. The predicted octanol–water partition coefficient (Wildman–Crippen LogP) is 4.41. The lowest BCUT2D eigenvalue weighted by molar-refractivity contribution is -0.110. The normalized spacial score (nSPS) is 12.2. The fraction of sp³-hybridized carbons (Fsp3) is 0. The maximum atomic E-state index is 11.8. The van der Waals surface area contributed by atoms with E-state index in [1.165, 1.54) is 0 Å². The highest BCUT2D eigenvalue weighted by Gasteiger charge is 2.04. The standard InChI is InChI=1S/C17H13ClO3/c18-14-8-6-13(7-9-14)17(21)11-15(19)10-16(20)12-4-2-1-3-5-12/h1-11,20-21H/b16-10-,17-11-. The minimum atomic E-state index is -0.510. The van der Waals surface area contributed by atoms with E-state index in [0.717, 1.165) is 12.2 Å². The van der Waals surface area contributed by atoms with Gasteiger partial charge < -0.3 is 10.2 Å². The van der Waals surface area contributed by atoms with Gasteiger partial charge in [-0.05, 0) is 24.3 Å². The van der Waals surface area contributed by atoms with Gasteiger partial charge in [-0.2, -0.15) is 0 Å². The third kappa shape index (κ3) is 4.23. The Balaban J connectivity index is 2.17. The summed E-state index contributed by atoms with van der Waals surface area (Å²) < 4.78 is 0. The Kier molecular flexibility index (Phi) is 4.80. The largest absolute Gasteiger partial charge is 0.507 e. The maximum absolute atomic E-state index is 11.8. The summed E-state index contributed by atoms with van der Waals surface area (Å²) in [5.74, 6) is -0.849. The van der Waals surface area contributed by atoms with Crippen LogP contribution in [0.2, 0.25) is 5.02 Å². The first-order chi connectivity index (χ1) is 10.1. The van der Waals surface area contributed by atoms with E-state index in [4.69, 9.17) is 11.6 Å². The molecule has 0 saturated carbocycles. The number of aliphatic hydroxyl groups is 2. The number of carbonyl (C=O) groups is 1. The van der Waals surface area contributed by atoms with E-state index in [-0.39, 0.29) is 11.5 Å². The number of carbonyl (C=O) groups excluding carboxylic acids is 1. The molecule has 0 aliphatic carbocycles. The van der Waals surface area contributed by atoms with E-state index in [2.05, 4.69) is 0 Å². The molecule has 2 rings (SSSR count). The van der Waals surface area contributed by atoms with Crippen molar-refractivity contribution in [3.63, 3.8) is 0 Å². The Morgan fingerprint density at radius 1 is 0.810 bits per heavy atom. The highest BCUT2D eigenvalue weighted by atomic mass is 35.5. The molecule has 2 N–H and O–H groups in total. The van der Waals surface area contributed by atoms with Gasteiger partial charge in [0.15, 0.2) is 5.78 Å². The molecule has 2 aromatic carbocycles. The highest BCUT2D eigenvalue weighted by molar-refractivity contribution is 6.30. The summed E-state index contributed by atoms with van der Waals surface area (Å²) in [7, 11) is 0. The lowest BCUT2D eigenvalue weighted by Gasteiger charge is -2.00. The fourth-order valence-corrected chi connectivity index (χ4v) is 1.83. The van der Waals surface area contributed by atoms with Crippen LogP contribution in [0.25, 0.3) is 11.5 Å². The summed E-state index contributed by atoms with van der Waals surface area (Å²) in [5.41, 5.74) is 1.01. The number of allylic oxidation sites excluding steroid dienone is 2. The van der Waals surface area contributed by atoms with Crippen molar-refractivity contribution in [1.82, 2.24) is 0 Å². The van der Waals surface area contributed by atoms with Gasteiger partial charge in [-0.3, -0.25) is 4.79 Å². The van der Waals surface area contributed by atoms with Gasteiger partial charge in [0, 0.05) is 28.3 Å². The van der Waals surface area contributed by atoms with Crippen molar-refractivity contribution in [1.29, 1.82) is 0 Å². The van der Waals surface area contributed by atoms with Crippen LogP contribution in [0.5, 0.6) is 0 Å². The number of ketones is 1. The predicted molar refractivity (Wildman–Crippen MR) is 84.1 cm³/mol.